The van der Waals surface area contributed by atoms with E-state index >= 15 is 0 Å². The van der Waals surface area contributed by atoms with E-state index < -0.39 is 5.60 Å². The van der Waals surface area contributed by atoms with Crippen molar-refractivity contribution in [1.29, 1.82) is 0 Å². The first-order valence-corrected chi connectivity index (χ1v) is 15.0. The average molecular weight is 592 g/mol. The average Bonchev–Trinajstić information content (AvgIpc) is 2.97. The lowest BCUT2D eigenvalue weighted by Crippen LogP contribution is -2.46. The standard InChI is InChI=1S/C34H42ClN3O4/c1-34(2,3)42-33(40)26-14-17-31(30(23-26)36-18-8-7-11-32(39)41-4)38-21-19-37(20-22-38)24-27-9-5-6-10-29(27)25-12-15-28(35)16-13-25/h5-6,9-10,12-17,23,36H,7-8,11,18-22,24H2,1-4H3. The molecule has 8 heteroatoms. The number of methoxy groups -OCH3 is 1. The van der Waals surface area contributed by atoms with Gasteiger partial charge in [-0.25, -0.2) is 4.79 Å². The third-order valence-electron chi connectivity index (χ3n) is 7.26. The molecule has 0 unspecified atom stereocenters. The van der Waals surface area contributed by atoms with E-state index in [1.54, 1.807) is 0 Å². The fourth-order valence-electron chi connectivity index (χ4n) is 5.09. The zero-order chi connectivity index (χ0) is 30.1. The molecule has 1 aliphatic rings. The Morgan fingerprint density at radius 2 is 1.64 bits per heavy atom. The third kappa shape index (κ3) is 8.97. The number of hydrogen-bond donors (Lipinski definition) is 1. The summed E-state index contributed by atoms with van der Waals surface area (Å²) in [5, 5.41) is 4.25. The second-order valence-electron chi connectivity index (χ2n) is 11.6. The van der Waals surface area contributed by atoms with E-state index in [1.807, 2.05) is 51.1 Å². The number of carbonyl (C=O) groups excluding carboxylic acids is 2. The Kier molecular flexibility index (Phi) is 10.9. The van der Waals surface area contributed by atoms with Crippen molar-refractivity contribution in [2.24, 2.45) is 0 Å². The van der Waals surface area contributed by atoms with E-state index in [1.165, 1.54) is 23.8 Å². The van der Waals surface area contributed by atoms with Gasteiger partial charge in [0.25, 0.3) is 0 Å². The Balaban J connectivity index is 1.43. The van der Waals surface area contributed by atoms with Crippen LogP contribution in [0, 0.1) is 0 Å². The van der Waals surface area contributed by atoms with Crippen molar-refractivity contribution in [2.75, 3.05) is 50.1 Å². The van der Waals surface area contributed by atoms with Gasteiger partial charge in [0.05, 0.1) is 24.0 Å². The monoisotopic (exact) mass is 591 g/mol. The van der Waals surface area contributed by atoms with E-state index in [4.69, 9.17) is 21.1 Å². The molecule has 0 amide bonds. The first-order chi connectivity index (χ1) is 20.1. The molecule has 0 aromatic heterocycles. The van der Waals surface area contributed by atoms with Crippen molar-refractivity contribution < 1.29 is 19.1 Å². The van der Waals surface area contributed by atoms with Crippen LogP contribution >= 0.6 is 11.6 Å². The Hall–Kier alpha value is -3.55. The summed E-state index contributed by atoms with van der Waals surface area (Å²) >= 11 is 6.12. The molecule has 0 aliphatic carbocycles. The smallest absolute Gasteiger partial charge is 0.338 e. The van der Waals surface area contributed by atoms with Gasteiger partial charge < -0.3 is 19.7 Å². The van der Waals surface area contributed by atoms with Crippen molar-refractivity contribution in [3.05, 3.63) is 82.9 Å². The summed E-state index contributed by atoms with van der Waals surface area (Å²) in [6.45, 7) is 10.7. The number of esters is 2. The molecule has 3 aromatic rings. The molecule has 224 valence electrons. The van der Waals surface area contributed by atoms with Gasteiger partial charge in [-0.3, -0.25) is 9.69 Å². The number of unbranched alkanes of at least 4 members (excludes halogenated alkanes) is 1. The highest BCUT2D eigenvalue weighted by Crippen LogP contribution is 2.31. The van der Waals surface area contributed by atoms with Crippen molar-refractivity contribution in [1.82, 2.24) is 4.90 Å². The SMILES string of the molecule is COC(=O)CCCCNc1cc(C(=O)OC(C)(C)C)ccc1N1CCN(Cc2ccccc2-c2ccc(Cl)cc2)CC1. The molecule has 42 heavy (non-hydrogen) atoms. The summed E-state index contributed by atoms with van der Waals surface area (Å²) in [4.78, 5) is 29.2. The number of nitrogens with zero attached hydrogens (tertiary/aromatic N) is 2. The van der Waals surface area contributed by atoms with Crippen molar-refractivity contribution >= 4 is 34.9 Å². The van der Waals surface area contributed by atoms with Crippen molar-refractivity contribution in [2.45, 2.75) is 52.2 Å². The zero-order valence-electron chi connectivity index (χ0n) is 25.1. The number of nitrogens with one attached hydrogen (secondary N) is 1. The van der Waals surface area contributed by atoms with Gasteiger partial charge in [-0.05, 0) is 80.6 Å². The second kappa shape index (κ2) is 14.6. The molecule has 0 atom stereocenters. The topological polar surface area (TPSA) is 71.1 Å². The molecule has 7 nitrogen and oxygen atoms in total. The van der Waals surface area contributed by atoms with Crippen LogP contribution in [0.2, 0.25) is 5.02 Å². The summed E-state index contributed by atoms with van der Waals surface area (Å²) in [5.41, 5.74) is 5.61. The molecule has 4 rings (SSSR count). The number of anilines is 2. The lowest BCUT2D eigenvalue weighted by atomic mass is 9.99. The van der Waals surface area contributed by atoms with E-state index in [2.05, 4.69) is 51.5 Å². The van der Waals surface area contributed by atoms with Gasteiger partial charge in [-0.2, -0.15) is 0 Å². The molecule has 1 fully saturated rings. The minimum atomic E-state index is -0.570. The lowest BCUT2D eigenvalue weighted by molar-refractivity contribution is -0.140. The van der Waals surface area contributed by atoms with Gasteiger partial charge in [0.2, 0.25) is 0 Å². The molecule has 0 bridgehead atoms. The van der Waals surface area contributed by atoms with Crippen molar-refractivity contribution in [3.63, 3.8) is 0 Å². The fourth-order valence-corrected chi connectivity index (χ4v) is 5.22. The molecule has 1 N–H and O–H groups in total. The summed E-state index contributed by atoms with van der Waals surface area (Å²) in [6.07, 6.45) is 1.94. The maximum absolute atomic E-state index is 12.8. The third-order valence-corrected chi connectivity index (χ3v) is 7.51. The van der Waals surface area contributed by atoms with Gasteiger partial charge in [0, 0.05) is 50.7 Å². The maximum atomic E-state index is 12.8. The van der Waals surface area contributed by atoms with Crippen LogP contribution in [0.1, 0.15) is 56.0 Å². The summed E-state index contributed by atoms with van der Waals surface area (Å²) in [5.74, 6) is -0.539. The number of hydrogen-bond acceptors (Lipinski definition) is 7. The molecule has 0 spiro atoms. The van der Waals surface area contributed by atoms with Crippen LogP contribution in [0.15, 0.2) is 66.7 Å². The molecular weight excluding hydrogens is 550 g/mol. The second-order valence-corrected chi connectivity index (χ2v) is 12.1. The largest absolute Gasteiger partial charge is 0.469 e. The number of halogens is 1. The number of ether oxygens (including phenoxy) is 2. The number of benzene rings is 3. The Bertz CT molecular complexity index is 1350. The van der Waals surface area contributed by atoms with Crippen LogP contribution in [0.4, 0.5) is 11.4 Å². The molecule has 0 saturated carbocycles. The van der Waals surface area contributed by atoms with Crippen LogP contribution in [0.3, 0.4) is 0 Å². The van der Waals surface area contributed by atoms with Gasteiger partial charge in [0.1, 0.15) is 5.60 Å². The highest BCUT2D eigenvalue weighted by molar-refractivity contribution is 6.30. The zero-order valence-corrected chi connectivity index (χ0v) is 25.9. The summed E-state index contributed by atoms with van der Waals surface area (Å²) in [6, 6.07) is 22.3. The number of piperazine rings is 1. The van der Waals surface area contributed by atoms with Gasteiger partial charge in [0.15, 0.2) is 0 Å². The molecular formula is C34H42ClN3O4. The molecule has 1 aliphatic heterocycles. The first kappa shape index (κ1) is 31.4. The van der Waals surface area contributed by atoms with Gasteiger partial charge >= 0.3 is 11.9 Å². The quantitative estimate of drug-likeness (QED) is 0.189. The Labute approximate surface area is 254 Å². The van der Waals surface area contributed by atoms with Gasteiger partial charge in [-0.1, -0.05) is 48.0 Å². The van der Waals surface area contributed by atoms with Crippen molar-refractivity contribution in [3.8, 4) is 11.1 Å². The molecule has 1 heterocycles. The van der Waals surface area contributed by atoms with E-state index in [0.29, 0.717) is 18.5 Å². The lowest BCUT2D eigenvalue weighted by Gasteiger charge is -2.37. The van der Waals surface area contributed by atoms with Crippen LogP contribution in [-0.2, 0) is 20.8 Å². The molecule has 1 saturated heterocycles. The van der Waals surface area contributed by atoms with E-state index in [0.717, 1.165) is 62.0 Å². The van der Waals surface area contributed by atoms with Crippen LogP contribution in [0.25, 0.3) is 11.1 Å². The Morgan fingerprint density at radius 3 is 2.33 bits per heavy atom. The van der Waals surface area contributed by atoms with Crippen LogP contribution in [-0.4, -0.2) is 62.3 Å². The number of rotatable bonds is 11. The van der Waals surface area contributed by atoms with E-state index in [9.17, 15) is 9.59 Å². The maximum Gasteiger partial charge on any atom is 0.338 e. The van der Waals surface area contributed by atoms with Crippen LogP contribution < -0.4 is 10.2 Å². The minimum Gasteiger partial charge on any atom is -0.469 e. The minimum absolute atomic E-state index is 0.198. The highest BCUT2D eigenvalue weighted by Gasteiger charge is 2.23. The normalized spacial score (nSPS) is 14.0. The molecule has 0 radical (unpaired) electrons. The summed E-state index contributed by atoms with van der Waals surface area (Å²) < 4.78 is 10.4. The fraction of sp³-hybridized carbons (Fsp3) is 0.412. The highest BCUT2D eigenvalue weighted by atomic mass is 35.5. The predicted molar refractivity (Wildman–Crippen MR) is 170 cm³/mol. The first-order valence-electron chi connectivity index (χ1n) is 14.6. The Morgan fingerprint density at radius 1 is 0.929 bits per heavy atom. The molecule has 3 aromatic carbocycles. The van der Waals surface area contributed by atoms with Crippen LogP contribution in [0.5, 0.6) is 0 Å². The van der Waals surface area contributed by atoms with E-state index in [-0.39, 0.29) is 11.9 Å². The number of carbonyl (C=O) groups is 2. The summed E-state index contributed by atoms with van der Waals surface area (Å²) in [7, 11) is 1.41. The van der Waals surface area contributed by atoms with Gasteiger partial charge in [-0.15, -0.1) is 0 Å². The predicted octanol–water partition coefficient (Wildman–Crippen LogP) is 7.04.